The van der Waals surface area contributed by atoms with Crippen molar-refractivity contribution >= 4 is 28.6 Å². The van der Waals surface area contributed by atoms with E-state index in [1.165, 1.54) is 0 Å². The van der Waals surface area contributed by atoms with Crippen LogP contribution in [0.15, 0.2) is 66.7 Å². The first kappa shape index (κ1) is 20.8. The Balaban J connectivity index is 1.28. The van der Waals surface area contributed by atoms with Crippen LogP contribution in [0.1, 0.15) is 43.6 Å². The zero-order valence-corrected chi connectivity index (χ0v) is 19.2. The van der Waals surface area contributed by atoms with Crippen molar-refractivity contribution < 1.29 is 23.9 Å². The maximum atomic E-state index is 13.7. The number of aromatic nitrogens is 1. The number of hydrogen-bond donors (Lipinski definition) is 1. The van der Waals surface area contributed by atoms with Gasteiger partial charge in [0.15, 0.2) is 11.5 Å². The summed E-state index contributed by atoms with van der Waals surface area (Å²) < 4.78 is 11.1. The molecule has 8 heteroatoms. The fraction of sp³-hybridized carbons (Fsp3) is 0.179. The summed E-state index contributed by atoms with van der Waals surface area (Å²) in [5, 5.41) is 1.13. The molecule has 0 aliphatic carbocycles. The Labute approximate surface area is 206 Å². The van der Waals surface area contributed by atoms with Gasteiger partial charge in [-0.25, -0.2) is 0 Å². The number of carbonyl (C=O) groups excluding carboxylic acids is 3. The van der Waals surface area contributed by atoms with E-state index >= 15 is 0 Å². The summed E-state index contributed by atoms with van der Waals surface area (Å²) in [5.41, 5.74) is 4.62. The molecule has 3 amide bonds. The third-order valence-corrected chi connectivity index (χ3v) is 7.24. The van der Waals surface area contributed by atoms with E-state index < -0.39 is 17.9 Å². The van der Waals surface area contributed by atoms with Crippen LogP contribution in [0, 0.1) is 0 Å². The van der Waals surface area contributed by atoms with E-state index in [0.717, 1.165) is 32.6 Å². The van der Waals surface area contributed by atoms with Gasteiger partial charge in [-0.2, -0.15) is 0 Å². The van der Waals surface area contributed by atoms with Gasteiger partial charge in [0.25, 0.3) is 11.8 Å². The molecular formula is C28H21N3O5. The molecule has 36 heavy (non-hydrogen) atoms. The summed E-state index contributed by atoms with van der Waals surface area (Å²) in [6, 6.07) is 20.0. The predicted octanol–water partition coefficient (Wildman–Crippen LogP) is 3.67. The molecule has 1 N–H and O–H groups in total. The lowest BCUT2D eigenvalue weighted by Gasteiger charge is -2.37. The molecule has 3 aliphatic heterocycles. The molecule has 0 bridgehead atoms. The highest BCUT2D eigenvalue weighted by atomic mass is 16.7. The van der Waals surface area contributed by atoms with Crippen LogP contribution in [-0.4, -0.2) is 52.4 Å². The molecule has 4 heterocycles. The second-order valence-corrected chi connectivity index (χ2v) is 9.16. The molecule has 0 unspecified atom stereocenters. The van der Waals surface area contributed by atoms with Crippen molar-refractivity contribution in [1.82, 2.24) is 14.8 Å². The lowest BCUT2D eigenvalue weighted by molar-refractivity contribution is -0.133. The monoisotopic (exact) mass is 479 g/mol. The highest BCUT2D eigenvalue weighted by molar-refractivity contribution is 6.22. The van der Waals surface area contributed by atoms with Crippen LogP contribution in [0.25, 0.3) is 10.9 Å². The van der Waals surface area contributed by atoms with E-state index in [1.807, 2.05) is 36.4 Å². The lowest BCUT2D eigenvalue weighted by atomic mass is 9.92. The third kappa shape index (κ3) is 2.97. The summed E-state index contributed by atoms with van der Waals surface area (Å²) in [6.45, 7) is 0.294. The number of hydrogen-bond acceptors (Lipinski definition) is 5. The van der Waals surface area contributed by atoms with E-state index in [2.05, 4.69) is 11.1 Å². The Morgan fingerprint density at radius 2 is 1.64 bits per heavy atom. The van der Waals surface area contributed by atoms with Crippen LogP contribution in [0.2, 0.25) is 0 Å². The molecule has 7 rings (SSSR count). The maximum Gasteiger partial charge on any atom is 0.262 e. The molecule has 178 valence electrons. The van der Waals surface area contributed by atoms with E-state index in [0.29, 0.717) is 35.6 Å². The van der Waals surface area contributed by atoms with E-state index in [1.54, 1.807) is 29.2 Å². The molecule has 3 aromatic carbocycles. The number of nitrogens with one attached hydrogen (secondary N) is 1. The van der Waals surface area contributed by atoms with Crippen LogP contribution in [0.5, 0.6) is 11.5 Å². The second kappa shape index (κ2) is 7.71. The van der Waals surface area contributed by atoms with Crippen LogP contribution >= 0.6 is 0 Å². The quantitative estimate of drug-likeness (QED) is 0.453. The van der Waals surface area contributed by atoms with Crippen molar-refractivity contribution in [1.29, 1.82) is 0 Å². The van der Waals surface area contributed by atoms with E-state index in [-0.39, 0.29) is 19.2 Å². The molecule has 0 saturated carbocycles. The number of ether oxygens (including phenoxy) is 2. The van der Waals surface area contributed by atoms with Gasteiger partial charge in [-0.05, 0) is 47.9 Å². The van der Waals surface area contributed by atoms with Gasteiger partial charge in [-0.1, -0.05) is 36.4 Å². The van der Waals surface area contributed by atoms with Crippen LogP contribution in [0.3, 0.4) is 0 Å². The topological polar surface area (TPSA) is 91.9 Å². The summed E-state index contributed by atoms with van der Waals surface area (Å²) in [4.78, 5) is 45.9. The second-order valence-electron chi connectivity index (χ2n) is 9.16. The maximum absolute atomic E-state index is 13.7. The largest absolute Gasteiger partial charge is 0.454 e. The fourth-order valence-electron chi connectivity index (χ4n) is 5.55. The Morgan fingerprint density at radius 1 is 0.917 bits per heavy atom. The van der Waals surface area contributed by atoms with Crippen molar-refractivity contribution in [3.8, 4) is 11.5 Å². The molecule has 0 fully saturated rings. The smallest absolute Gasteiger partial charge is 0.262 e. The highest BCUT2D eigenvalue weighted by Gasteiger charge is 2.40. The Morgan fingerprint density at radius 3 is 2.44 bits per heavy atom. The SMILES string of the molecule is O=C1c2ccccc2C(=O)N1CC(=O)N1CCc2c([nH]c3ccccc23)[C@@H]1c1ccc2c(c1)OCO2. The third-order valence-electron chi connectivity index (χ3n) is 7.24. The molecule has 4 aromatic rings. The average molecular weight is 479 g/mol. The number of amides is 3. The Kier molecular flexibility index (Phi) is 4.44. The minimum absolute atomic E-state index is 0.156. The van der Waals surface area contributed by atoms with E-state index in [4.69, 9.17) is 9.47 Å². The zero-order valence-electron chi connectivity index (χ0n) is 19.2. The molecule has 8 nitrogen and oxygen atoms in total. The Bertz CT molecular complexity index is 1550. The van der Waals surface area contributed by atoms with Crippen LogP contribution in [-0.2, 0) is 11.2 Å². The van der Waals surface area contributed by atoms with Crippen molar-refractivity contribution in [2.75, 3.05) is 19.9 Å². The normalized spacial score (nSPS) is 18.1. The number of nitrogens with zero attached hydrogens (tertiary/aromatic N) is 2. The number of H-pyrrole nitrogens is 1. The summed E-state index contributed by atoms with van der Waals surface area (Å²) in [6.07, 6.45) is 0.661. The van der Waals surface area contributed by atoms with E-state index in [9.17, 15) is 14.4 Å². The first-order valence-electron chi connectivity index (χ1n) is 11.8. The van der Waals surface area contributed by atoms with Gasteiger partial charge in [0.05, 0.1) is 17.2 Å². The van der Waals surface area contributed by atoms with Crippen molar-refractivity contribution in [2.45, 2.75) is 12.5 Å². The number of rotatable bonds is 3. The molecule has 0 spiro atoms. The van der Waals surface area contributed by atoms with Gasteiger partial charge >= 0.3 is 0 Å². The lowest BCUT2D eigenvalue weighted by Crippen LogP contribution is -2.47. The standard InChI is InChI=1S/C28H21N3O5/c32-24(14-31-27(33)19-6-1-2-7-20(19)28(31)34)30-12-11-18-17-5-3-4-8-21(17)29-25(18)26(30)16-9-10-22-23(13-16)36-15-35-22/h1-10,13,26,29H,11-12,14-15H2/t26-/m0/s1. The highest BCUT2D eigenvalue weighted by Crippen LogP contribution is 2.42. The number of imide groups is 1. The number of para-hydroxylation sites is 1. The van der Waals surface area contributed by atoms with Gasteiger partial charge in [-0.3, -0.25) is 19.3 Å². The number of fused-ring (bicyclic) bond motifs is 5. The van der Waals surface area contributed by atoms with Crippen molar-refractivity contribution in [3.05, 3.63) is 94.7 Å². The number of aromatic amines is 1. The van der Waals surface area contributed by atoms with Gasteiger partial charge in [-0.15, -0.1) is 0 Å². The van der Waals surface area contributed by atoms with Crippen LogP contribution < -0.4 is 9.47 Å². The Hall–Kier alpha value is -4.59. The summed E-state index contributed by atoms with van der Waals surface area (Å²) in [5.74, 6) is 0.120. The summed E-state index contributed by atoms with van der Waals surface area (Å²) >= 11 is 0. The van der Waals surface area contributed by atoms with Gasteiger partial charge in [0.1, 0.15) is 6.54 Å². The number of carbonyl (C=O) groups is 3. The minimum atomic E-state index is -0.438. The first-order chi connectivity index (χ1) is 17.6. The molecule has 0 saturated heterocycles. The molecular weight excluding hydrogens is 458 g/mol. The zero-order chi connectivity index (χ0) is 24.4. The minimum Gasteiger partial charge on any atom is -0.454 e. The van der Waals surface area contributed by atoms with Crippen molar-refractivity contribution in [2.24, 2.45) is 0 Å². The van der Waals surface area contributed by atoms with Crippen LogP contribution in [0.4, 0.5) is 0 Å². The average Bonchev–Trinajstić information content (AvgIpc) is 3.59. The molecule has 1 atom stereocenters. The molecule has 3 aliphatic rings. The predicted molar refractivity (Wildman–Crippen MR) is 130 cm³/mol. The van der Waals surface area contributed by atoms with Gasteiger partial charge in [0, 0.05) is 23.1 Å². The first-order valence-corrected chi connectivity index (χ1v) is 11.8. The van der Waals surface area contributed by atoms with Crippen molar-refractivity contribution in [3.63, 3.8) is 0 Å². The fourth-order valence-corrected chi connectivity index (χ4v) is 5.55. The molecule has 0 radical (unpaired) electrons. The van der Waals surface area contributed by atoms with Gasteiger partial charge < -0.3 is 19.4 Å². The number of benzene rings is 3. The van der Waals surface area contributed by atoms with Gasteiger partial charge in [0.2, 0.25) is 12.7 Å². The summed E-state index contributed by atoms with van der Waals surface area (Å²) in [7, 11) is 0. The molecule has 1 aromatic heterocycles.